The molecule has 2 aromatic heterocycles. The lowest BCUT2D eigenvalue weighted by Gasteiger charge is -2.12. The maximum Gasteiger partial charge on any atom is 0.248 e. The van der Waals surface area contributed by atoms with Crippen molar-refractivity contribution in [3.63, 3.8) is 0 Å². The van der Waals surface area contributed by atoms with Crippen LogP contribution in [0.15, 0.2) is 24.8 Å². The third kappa shape index (κ3) is 1.68. The highest BCUT2D eigenvalue weighted by atomic mass is 19.3. The van der Waals surface area contributed by atoms with Crippen molar-refractivity contribution < 1.29 is 8.78 Å². The Labute approximate surface area is 84.8 Å². The molecule has 6 heteroatoms. The molecule has 0 aliphatic heterocycles. The van der Waals surface area contributed by atoms with Crippen LogP contribution in [0, 0.1) is 0 Å². The molecule has 0 aliphatic carbocycles. The van der Waals surface area contributed by atoms with Gasteiger partial charge in [-0.3, -0.25) is 4.98 Å². The van der Waals surface area contributed by atoms with Crippen molar-refractivity contribution in [1.29, 1.82) is 0 Å². The number of hydrogen-bond donors (Lipinski definition) is 1. The SMILES string of the molecule is NCC(c1cnc2cnccn12)C(F)F. The van der Waals surface area contributed by atoms with Gasteiger partial charge in [-0.25, -0.2) is 13.8 Å². The lowest BCUT2D eigenvalue weighted by Crippen LogP contribution is -2.21. The minimum atomic E-state index is -2.48. The number of rotatable bonds is 3. The number of nitrogens with zero attached hydrogens (tertiary/aromatic N) is 3. The molecule has 0 saturated heterocycles. The van der Waals surface area contributed by atoms with Gasteiger partial charge in [0.15, 0.2) is 5.65 Å². The van der Waals surface area contributed by atoms with Gasteiger partial charge in [0.05, 0.1) is 17.8 Å². The monoisotopic (exact) mass is 212 g/mol. The number of alkyl halides is 2. The van der Waals surface area contributed by atoms with E-state index in [1.165, 1.54) is 18.6 Å². The van der Waals surface area contributed by atoms with Gasteiger partial charge < -0.3 is 10.1 Å². The molecule has 0 amide bonds. The van der Waals surface area contributed by atoms with E-state index < -0.39 is 12.3 Å². The maximum atomic E-state index is 12.7. The van der Waals surface area contributed by atoms with Crippen LogP contribution in [0.3, 0.4) is 0 Å². The average Bonchev–Trinajstić information content (AvgIpc) is 2.63. The molecule has 0 radical (unpaired) electrons. The Balaban J connectivity index is 2.51. The molecule has 0 aromatic carbocycles. The van der Waals surface area contributed by atoms with Crippen molar-refractivity contribution in [2.45, 2.75) is 12.3 Å². The molecule has 4 nitrogen and oxygen atoms in total. The molecule has 2 aromatic rings. The Hall–Kier alpha value is -1.56. The highest BCUT2D eigenvalue weighted by Crippen LogP contribution is 2.22. The van der Waals surface area contributed by atoms with Crippen LogP contribution >= 0.6 is 0 Å². The second kappa shape index (κ2) is 3.90. The summed E-state index contributed by atoms with van der Waals surface area (Å²) in [6.07, 6.45) is 3.58. The largest absolute Gasteiger partial charge is 0.330 e. The van der Waals surface area contributed by atoms with Crippen LogP contribution in [0.4, 0.5) is 8.78 Å². The van der Waals surface area contributed by atoms with Crippen molar-refractivity contribution >= 4 is 5.65 Å². The quantitative estimate of drug-likeness (QED) is 0.826. The van der Waals surface area contributed by atoms with E-state index in [9.17, 15) is 8.78 Å². The Kier molecular flexibility index (Phi) is 2.59. The van der Waals surface area contributed by atoms with Crippen LogP contribution < -0.4 is 5.73 Å². The van der Waals surface area contributed by atoms with Gasteiger partial charge in [-0.2, -0.15) is 0 Å². The second-order valence-electron chi connectivity index (χ2n) is 3.16. The topological polar surface area (TPSA) is 56.2 Å². The molecule has 0 bridgehead atoms. The fourth-order valence-corrected chi connectivity index (χ4v) is 1.49. The van der Waals surface area contributed by atoms with Gasteiger partial charge in [0, 0.05) is 25.1 Å². The summed E-state index contributed by atoms with van der Waals surface area (Å²) in [6.45, 7) is -0.103. The number of aromatic nitrogens is 3. The third-order valence-electron chi connectivity index (χ3n) is 2.28. The summed E-state index contributed by atoms with van der Waals surface area (Å²) >= 11 is 0. The van der Waals surface area contributed by atoms with Crippen LogP contribution in [0.25, 0.3) is 5.65 Å². The standard InChI is InChI=1S/C9H10F2N4/c10-9(11)6(3-12)7-4-14-8-5-13-1-2-15(7)8/h1-2,4-6,9H,3,12H2. The molecular weight excluding hydrogens is 202 g/mol. The molecule has 0 saturated carbocycles. The van der Waals surface area contributed by atoms with E-state index in [0.717, 1.165) is 0 Å². The molecule has 15 heavy (non-hydrogen) atoms. The van der Waals surface area contributed by atoms with Crippen molar-refractivity contribution in [2.75, 3.05) is 6.54 Å². The zero-order valence-corrected chi connectivity index (χ0v) is 7.85. The van der Waals surface area contributed by atoms with Gasteiger partial charge in [-0.05, 0) is 0 Å². The molecule has 2 heterocycles. The summed E-state index contributed by atoms with van der Waals surface area (Å²) in [5.41, 5.74) is 6.29. The first-order valence-electron chi connectivity index (χ1n) is 4.49. The van der Waals surface area contributed by atoms with Crippen LogP contribution in [0.2, 0.25) is 0 Å². The fourth-order valence-electron chi connectivity index (χ4n) is 1.49. The van der Waals surface area contributed by atoms with Crippen LogP contribution in [0.5, 0.6) is 0 Å². The van der Waals surface area contributed by atoms with Gasteiger partial charge in [-0.15, -0.1) is 0 Å². The van der Waals surface area contributed by atoms with Crippen molar-refractivity contribution in [2.24, 2.45) is 5.73 Å². The lowest BCUT2D eigenvalue weighted by atomic mass is 10.1. The van der Waals surface area contributed by atoms with Gasteiger partial charge >= 0.3 is 0 Å². The van der Waals surface area contributed by atoms with Gasteiger partial charge in [-0.1, -0.05) is 0 Å². The minimum Gasteiger partial charge on any atom is -0.330 e. The first-order valence-corrected chi connectivity index (χ1v) is 4.49. The first kappa shape index (κ1) is 9.97. The summed E-state index contributed by atoms with van der Waals surface area (Å²) in [6, 6.07) is 0. The van der Waals surface area contributed by atoms with Crippen LogP contribution in [-0.4, -0.2) is 27.3 Å². The number of nitrogens with two attached hydrogens (primary N) is 1. The number of halogens is 2. The van der Waals surface area contributed by atoms with Gasteiger partial charge in [0.2, 0.25) is 6.43 Å². The fraction of sp³-hybridized carbons (Fsp3) is 0.333. The van der Waals surface area contributed by atoms with E-state index >= 15 is 0 Å². The Morgan fingerprint density at radius 2 is 2.20 bits per heavy atom. The molecule has 1 unspecified atom stereocenters. The molecule has 0 spiro atoms. The Bertz CT molecular complexity index is 454. The highest BCUT2D eigenvalue weighted by molar-refractivity contribution is 5.38. The predicted molar refractivity (Wildman–Crippen MR) is 50.8 cm³/mol. The normalized spacial score (nSPS) is 13.6. The lowest BCUT2D eigenvalue weighted by molar-refractivity contribution is 0.115. The molecule has 0 fully saturated rings. The summed E-state index contributed by atoms with van der Waals surface area (Å²) < 4.78 is 26.9. The van der Waals surface area contributed by atoms with Crippen LogP contribution in [0.1, 0.15) is 11.6 Å². The van der Waals surface area contributed by atoms with E-state index in [0.29, 0.717) is 11.3 Å². The summed E-state index contributed by atoms with van der Waals surface area (Å²) in [4.78, 5) is 7.84. The number of imidazole rings is 1. The van der Waals surface area contributed by atoms with E-state index in [1.807, 2.05) is 0 Å². The van der Waals surface area contributed by atoms with Crippen molar-refractivity contribution in [3.8, 4) is 0 Å². The van der Waals surface area contributed by atoms with E-state index in [1.54, 1.807) is 10.6 Å². The summed E-state index contributed by atoms with van der Waals surface area (Å²) in [7, 11) is 0. The predicted octanol–water partition coefficient (Wildman–Crippen LogP) is 1.04. The third-order valence-corrected chi connectivity index (χ3v) is 2.28. The van der Waals surface area contributed by atoms with Gasteiger partial charge in [0.25, 0.3) is 0 Å². The van der Waals surface area contributed by atoms with Crippen molar-refractivity contribution in [3.05, 3.63) is 30.5 Å². The maximum absolute atomic E-state index is 12.7. The molecule has 2 N–H and O–H groups in total. The average molecular weight is 212 g/mol. The first-order chi connectivity index (χ1) is 7.24. The zero-order chi connectivity index (χ0) is 10.8. The molecule has 2 rings (SSSR count). The zero-order valence-electron chi connectivity index (χ0n) is 7.85. The van der Waals surface area contributed by atoms with Gasteiger partial charge in [0.1, 0.15) is 0 Å². The van der Waals surface area contributed by atoms with E-state index in [-0.39, 0.29) is 6.54 Å². The van der Waals surface area contributed by atoms with Crippen molar-refractivity contribution in [1.82, 2.24) is 14.4 Å². The van der Waals surface area contributed by atoms with Crippen LogP contribution in [-0.2, 0) is 0 Å². The molecule has 0 aliphatic rings. The van der Waals surface area contributed by atoms with E-state index in [4.69, 9.17) is 5.73 Å². The molecule has 1 atom stereocenters. The summed E-state index contributed by atoms with van der Waals surface area (Å²) in [5.74, 6) is -0.984. The highest BCUT2D eigenvalue weighted by Gasteiger charge is 2.23. The molecule has 80 valence electrons. The van der Waals surface area contributed by atoms with E-state index in [2.05, 4.69) is 9.97 Å². The number of fused-ring (bicyclic) bond motifs is 1. The second-order valence-corrected chi connectivity index (χ2v) is 3.16. The summed E-state index contributed by atoms with van der Waals surface area (Å²) in [5, 5.41) is 0. The Morgan fingerprint density at radius 1 is 1.40 bits per heavy atom. The Morgan fingerprint density at radius 3 is 2.87 bits per heavy atom. The smallest absolute Gasteiger partial charge is 0.248 e. The molecular formula is C9H10F2N4. The number of hydrogen-bond acceptors (Lipinski definition) is 3. The minimum absolute atomic E-state index is 0.103.